The molecule has 0 aliphatic heterocycles. The summed E-state index contributed by atoms with van der Waals surface area (Å²) in [5, 5.41) is 3.26. The highest BCUT2D eigenvalue weighted by molar-refractivity contribution is 5.49. The zero-order chi connectivity index (χ0) is 13.1. The highest BCUT2D eigenvalue weighted by atomic mass is 15.2. The van der Waals surface area contributed by atoms with Gasteiger partial charge in [0.1, 0.15) is 17.5 Å². The average molecular weight is 236 g/mol. The zero-order valence-corrected chi connectivity index (χ0v) is 11.8. The molecular weight excluding hydrogens is 212 g/mol. The highest BCUT2D eigenvalue weighted by Gasteiger charge is 2.19. The van der Waals surface area contributed by atoms with E-state index in [1.807, 2.05) is 13.1 Å². The van der Waals surface area contributed by atoms with Crippen molar-refractivity contribution in [3.8, 4) is 0 Å². The van der Waals surface area contributed by atoms with Crippen LogP contribution in [0.5, 0.6) is 0 Å². The predicted octanol–water partition coefficient (Wildman–Crippen LogP) is 2.66. The molecule has 0 spiro atoms. The lowest BCUT2D eigenvalue weighted by molar-refractivity contribution is 0.545. The fourth-order valence-corrected chi connectivity index (χ4v) is 1.40. The Balaban J connectivity index is 3.18. The monoisotopic (exact) mass is 236 g/mol. The maximum Gasteiger partial charge on any atom is 0.138 e. The van der Waals surface area contributed by atoms with Gasteiger partial charge in [-0.3, -0.25) is 0 Å². The third-order valence-electron chi connectivity index (χ3n) is 2.61. The average Bonchev–Trinajstić information content (AvgIpc) is 2.27. The van der Waals surface area contributed by atoms with Gasteiger partial charge < -0.3 is 10.2 Å². The number of anilines is 2. The van der Waals surface area contributed by atoms with Gasteiger partial charge in [-0.15, -0.1) is 0 Å². The van der Waals surface area contributed by atoms with Gasteiger partial charge in [-0.05, 0) is 13.8 Å². The summed E-state index contributed by atoms with van der Waals surface area (Å²) in [6.07, 6.45) is 0. The normalized spacial score (nSPS) is 11.4. The van der Waals surface area contributed by atoms with Crippen LogP contribution in [0, 0.1) is 0 Å². The predicted molar refractivity (Wildman–Crippen MR) is 73.8 cm³/mol. The van der Waals surface area contributed by atoms with E-state index in [0.717, 1.165) is 30.5 Å². The molecule has 0 fully saturated rings. The molecule has 17 heavy (non-hydrogen) atoms. The van der Waals surface area contributed by atoms with E-state index < -0.39 is 0 Å². The van der Waals surface area contributed by atoms with Gasteiger partial charge >= 0.3 is 0 Å². The van der Waals surface area contributed by atoms with Crippen LogP contribution in [0.4, 0.5) is 11.6 Å². The Morgan fingerprint density at radius 2 is 1.88 bits per heavy atom. The molecule has 1 aromatic heterocycles. The SMILES string of the molecule is CCNc1cc(N(C)CC)nc(C(C)(C)C)n1. The Hall–Kier alpha value is -1.32. The van der Waals surface area contributed by atoms with E-state index in [9.17, 15) is 0 Å². The number of hydrogen-bond acceptors (Lipinski definition) is 4. The molecule has 0 radical (unpaired) electrons. The van der Waals surface area contributed by atoms with Crippen molar-refractivity contribution in [2.75, 3.05) is 30.4 Å². The standard InChI is InChI=1S/C13H24N4/c1-7-14-10-9-11(17(6)8-2)16-12(15-10)13(3,4)5/h9H,7-8H2,1-6H3,(H,14,15,16). The van der Waals surface area contributed by atoms with Gasteiger partial charge in [0.25, 0.3) is 0 Å². The van der Waals surface area contributed by atoms with Gasteiger partial charge in [0.15, 0.2) is 0 Å². The Bertz CT molecular complexity index is 368. The van der Waals surface area contributed by atoms with Crippen LogP contribution < -0.4 is 10.2 Å². The van der Waals surface area contributed by atoms with Crippen LogP contribution in [-0.2, 0) is 5.41 Å². The number of hydrogen-bond donors (Lipinski definition) is 1. The first-order valence-electron chi connectivity index (χ1n) is 6.23. The van der Waals surface area contributed by atoms with E-state index in [1.54, 1.807) is 0 Å². The third-order valence-corrected chi connectivity index (χ3v) is 2.61. The maximum atomic E-state index is 4.63. The minimum Gasteiger partial charge on any atom is -0.370 e. The summed E-state index contributed by atoms with van der Waals surface area (Å²) in [4.78, 5) is 11.3. The molecule has 0 saturated heterocycles. The second-order valence-corrected chi connectivity index (χ2v) is 5.23. The van der Waals surface area contributed by atoms with Crippen molar-refractivity contribution < 1.29 is 0 Å². The topological polar surface area (TPSA) is 41.0 Å². The minimum absolute atomic E-state index is 0.0330. The Morgan fingerprint density at radius 1 is 1.24 bits per heavy atom. The van der Waals surface area contributed by atoms with Gasteiger partial charge in [-0.1, -0.05) is 20.8 Å². The first-order valence-corrected chi connectivity index (χ1v) is 6.23. The molecule has 0 aromatic carbocycles. The van der Waals surface area contributed by atoms with Crippen LogP contribution in [0.3, 0.4) is 0 Å². The van der Waals surface area contributed by atoms with Crippen molar-refractivity contribution in [2.24, 2.45) is 0 Å². The molecule has 0 saturated carbocycles. The van der Waals surface area contributed by atoms with Gasteiger partial charge in [-0.2, -0.15) is 0 Å². The second kappa shape index (κ2) is 5.34. The van der Waals surface area contributed by atoms with E-state index in [1.165, 1.54) is 0 Å². The molecule has 0 atom stereocenters. The van der Waals surface area contributed by atoms with Crippen LogP contribution in [0.2, 0.25) is 0 Å². The van der Waals surface area contributed by atoms with Crippen molar-refractivity contribution >= 4 is 11.6 Å². The van der Waals surface area contributed by atoms with E-state index in [-0.39, 0.29) is 5.41 Å². The lowest BCUT2D eigenvalue weighted by atomic mass is 9.96. The molecule has 0 amide bonds. The summed E-state index contributed by atoms with van der Waals surface area (Å²) in [5.74, 6) is 2.76. The molecule has 4 heteroatoms. The largest absolute Gasteiger partial charge is 0.370 e. The quantitative estimate of drug-likeness (QED) is 0.872. The lowest BCUT2D eigenvalue weighted by Crippen LogP contribution is -2.23. The number of nitrogens with one attached hydrogen (secondary N) is 1. The molecule has 96 valence electrons. The first-order chi connectivity index (χ1) is 7.88. The van der Waals surface area contributed by atoms with Crippen molar-refractivity contribution in [2.45, 2.75) is 40.0 Å². The first kappa shape index (κ1) is 13.7. The summed E-state index contributed by atoms with van der Waals surface area (Å²) >= 11 is 0. The van der Waals surface area contributed by atoms with E-state index in [2.05, 4.69) is 54.8 Å². The number of aromatic nitrogens is 2. The molecular formula is C13H24N4. The van der Waals surface area contributed by atoms with Crippen molar-refractivity contribution in [1.29, 1.82) is 0 Å². The fourth-order valence-electron chi connectivity index (χ4n) is 1.40. The van der Waals surface area contributed by atoms with Crippen LogP contribution in [0.1, 0.15) is 40.4 Å². The molecule has 1 N–H and O–H groups in total. The number of rotatable bonds is 4. The summed E-state index contributed by atoms with van der Waals surface area (Å²) in [5.41, 5.74) is -0.0330. The lowest BCUT2D eigenvalue weighted by Gasteiger charge is -2.22. The smallest absolute Gasteiger partial charge is 0.138 e. The number of nitrogens with zero attached hydrogens (tertiary/aromatic N) is 3. The van der Waals surface area contributed by atoms with Crippen LogP contribution in [0.15, 0.2) is 6.07 Å². The zero-order valence-electron chi connectivity index (χ0n) is 11.8. The van der Waals surface area contributed by atoms with Crippen molar-refractivity contribution in [1.82, 2.24) is 9.97 Å². The highest BCUT2D eigenvalue weighted by Crippen LogP contribution is 2.23. The Labute approximate surface area is 104 Å². The molecule has 1 heterocycles. The summed E-state index contributed by atoms with van der Waals surface area (Å²) < 4.78 is 0. The van der Waals surface area contributed by atoms with Crippen molar-refractivity contribution in [3.05, 3.63) is 11.9 Å². The second-order valence-electron chi connectivity index (χ2n) is 5.23. The van der Waals surface area contributed by atoms with Crippen LogP contribution >= 0.6 is 0 Å². The molecule has 0 unspecified atom stereocenters. The van der Waals surface area contributed by atoms with Gasteiger partial charge in [0, 0.05) is 31.6 Å². The summed E-state index contributed by atoms with van der Waals surface area (Å²) in [6.45, 7) is 12.4. The molecule has 1 aromatic rings. The molecule has 0 aliphatic carbocycles. The fraction of sp³-hybridized carbons (Fsp3) is 0.692. The van der Waals surface area contributed by atoms with E-state index >= 15 is 0 Å². The van der Waals surface area contributed by atoms with E-state index in [4.69, 9.17) is 0 Å². The van der Waals surface area contributed by atoms with Crippen LogP contribution in [0.25, 0.3) is 0 Å². The molecule has 1 rings (SSSR count). The van der Waals surface area contributed by atoms with Crippen LogP contribution in [-0.4, -0.2) is 30.1 Å². The Morgan fingerprint density at radius 3 is 2.35 bits per heavy atom. The minimum atomic E-state index is -0.0330. The Kier molecular flexibility index (Phi) is 4.32. The molecule has 0 bridgehead atoms. The summed E-state index contributed by atoms with van der Waals surface area (Å²) in [6, 6.07) is 2.00. The summed E-state index contributed by atoms with van der Waals surface area (Å²) in [7, 11) is 2.05. The molecule has 0 aliphatic rings. The van der Waals surface area contributed by atoms with E-state index in [0.29, 0.717) is 0 Å². The molecule has 4 nitrogen and oxygen atoms in total. The maximum absolute atomic E-state index is 4.63. The van der Waals surface area contributed by atoms with Gasteiger partial charge in [0.2, 0.25) is 0 Å². The van der Waals surface area contributed by atoms with Gasteiger partial charge in [-0.25, -0.2) is 9.97 Å². The van der Waals surface area contributed by atoms with Crippen molar-refractivity contribution in [3.63, 3.8) is 0 Å². The van der Waals surface area contributed by atoms with Gasteiger partial charge in [0.05, 0.1) is 0 Å². The third kappa shape index (κ3) is 3.58.